The van der Waals surface area contributed by atoms with Crippen molar-refractivity contribution in [3.8, 4) is 0 Å². The number of rotatable bonds is 6. The fraction of sp³-hybridized carbons (Fsp3) is 0.471. The molecule has 1 aromatic heterocycles. The van der Waals surface area contributed by atoms with Gasteiger partial charge in [-0.05, 0) is 32.8 Å². The van der Waals surface area contributed by atoms with Gasteiger partial charge in [0.15, 0.2) is 0 Å². The van der Waals surface area contributed by atoms with E-state index in [9.17, 15) is 18.5 Å². The van der Waals surface area contributed by atoms with Gasteiger partial charge in [-0.25, -0.2) is 8.42 Å². The SMILES string of the molecule is Cc1noc(C)c1CN(C)c1ccc([N+](=O)[O-])cc1S(=O)(=O)N1CCCC1. The van der Waals surface area contributed by atoms with Crippen molar-refractivity contribution in [3.63, 3.8) is 0 Å². The monoisotopic (exact) mass is 394 g/mol. The maximum absolute atomic E-state index is 13.1. The predicted molar refractivity (Wildman–Crippen MR) is 99.2 cm³/mol. The Morgan fingerprint density at radius 3 is 2.52 bits per heavy atom. The van der Waals surface area contributed by atoms with E-state index in [0.717, 1.165) is 30.2 Å². The van der Waals surface area contributed by atoms with Crippen LogP contribution in [-0.4, -0.2) is 42.9 Å². The molecule has 1 fully saturated rings. The topological polar surface area (TPSA) is 110 Å². The number of sulfonamides is 1. The van der Waals surface area contributed by atoms with Gasteiger partial charge >= 0.3 is 0 Å². The minimum atomic E-state index is -3.82. The number of benzene rings is 1. The molecule has 1 aliphatic heterocycles. The van der Waals surface area contributed by atoms with Crippen molar-refractivity contribution in [2.75, 3.05) is 25.0 Å². The summed E-state index contributed by atoms with van der Waals surface area (Å²) in [4.78, 5) is 12.3. The highest BCUT2D eigenvalue weighted by Gasteiger charge is 2.32. The third-order valence-electron chi connectivity index (χ3n) is 4.82. The van der Waals surface area contributed by atoms with Gasteiger partial charge in [0.05, 0.1) is 16.3 Å². The van der Waals surface area contributed by atoms with Crippen molar-refractivity contribution in [1.29, 1.82) is 0 Å². The second-order valence-electron chi connectivity index (χ2n) is 6.68. The second-order valence-corrected chi connectivity index (χ2v) is 8.59. The van der Waals surface area contributed by atoms with Crippen molar-refractivity contribution < 1.29 is 17.9 Å². The Balaban J connectivity index is 2.05. The summed E-state index contributed by atoms with van der Waals surface area (Å²) >= 11 is 0. The first-order valence-electron chi connectivity index (χ1n) is 8.63. The lowest BCUT2D eigenvalue weighted by Crippen LogP contribution is -2.30. The van der Waals surface area contributed by atoms with Crippen LogP contribution in [0, 0.1) is 24.0 Å². The third kappa shape index (κ3) is 3.67. The van der Waals surface area contributed by atoms with E-state index < -0.39 is 14.9 Å². The standard InChI is InChI=1S/C17H22N4O5S/c1-12-15(13(2)26-18-12)11-19(3)16-7-6-14(21(22)23)10-17(16)27(24,25)20-8-4-5-9-20/h6-7,10H,4-5,8-9,11H2,1-3H3. The Morgan fingerprint density at radius 2 is 1.96 bits per heavy atom. The summed E-state index contributed by atoms with van der Waals surface area (Å²) in [6.07, 6.45) is 1.58. The van der Waals surface area contributed by atoms with Gasteiger partial charge < -0.3 is 9.42 Å². The molecule has 10 heteroatoms. The van der Waals surface area contributed by atoms with Gasteiger partial charge in [-0.3, -0.25) is 10.1 Å². The first kappa shape index (κ1) is 19.3. The first-order chi connectivity index (χ1) is 12.7. The molecule has 2 heterocycles. The minimum absolute atomic E-state index is 0.0483. The van der Waals surface area contributed by atoms with Gasteiger partial charge in [-0.1, -0.05) is 5.16 Å². The number of nitro groups is 1. The molecule has 146 valence electrons. The Bertz CT molecular complexity index is 944. The van der Waals surface area contributed by atoms with Crippen molar-refractivity contribution >= 4 is 21.4 Å². The quantitative estimate of drug-likeness (QED) is 0.547. The van der Waals surface area contributed by atoms with Crippen LogP contribution in [0.1, 0.15) is 29.9 Å². The molecule has 1 aliphatic rings. The minimum Gasteiger partial charge on any atom is -0.369 e. The van der Waals surface area contributed by atoms with Crippen molar-refractivity contribution in [2.45, 2.75) is 38.1 Å². The lowest BCUT2D eigenvalue weighted by Gasteiger charge is -2.24. The summed E-state index contributed by atoms with van der Waals surface area (Å²) in [6, 6.07) is 3.95. The molecule has 0 unspecified atom stereocenters. The normalized spacial score (nSPS) is 15.2. The molecule has 3 rings (SSSR count). The van der Waals surface area contributed by atoms with Gasteiger partial charge in [0, 0.05) is 44.4 Å². The zero-order valence-corrected chi connectivity index (χ0v) is 16.3. The number of anilines is 1. The molecule has 2 aromatic rings. The van der Waals surface area contributed by atoms with Gasteiger partial charge in [-0.15, -0.1) is 0 Å². The summed E-state index contributed by atoms with van der Waals surface area (Å²) in [5.74, 6) is 0.658. The van der Waals surface area contributed by atoms with Gasteiger partial charge in [-0.2, -0.15) is 4.31 Å². The van der Waals surface area contributed by atoms with Crippen LogP contribution >= 0.6 is 0 Å². The predicted octanol–water partition coefficient (Wildman–Crippen LogP) is 2.62. The highest BCUT2D eigenvalue weighted by molar-refractivity contribution is 7.89. The van der Waals surface area contributed by atoms with Crippen LogP contribution < -0.4 is 4.90 Å². The van der Waals surface area contributed by atoms with E-state index in [2.05, 4.69) is 5.16 Å². The highest BCUT2D eigenvalue weighted by Crippen LogP contribution is 2.33. The Morgan fingerprint density at radius 1 is 1.30 bits per heavy atom. The summed E-state index contributed by atoms with van der Waals surface area (Å²) in [6.45, 7) is 4.84. The van der Waals surface area contributed by atoms with E-state index in [0.29, 0.717) is 31.1 Å². The molecule has 0 atom stereocenters. The number of aromatic nitrogens is 1. The lowest BCUT2D eigenvalue weighted by atomic mass is 10.2. The van der Waals surface area contributed by atoms with Gasteiger partial charge in [0.2, 0.25) is 10.0 Å². The maximum atomic E-state index is 13.1. The van der Waals surface area contributed by atoms with E-state index in [1.807, 2.05) is 6.92 Å². The van der Waals surface area contributed by atoms with E-state index in [4.69, 9.17) is 4.52 Å². The highest BCUT2D eigenvalue weighted by atomic mass is 32.2. The zero-order valence-electron chi connectivity index (χ0n) is 15.5. The summed E-state index contributed by atoms with van der Waals surface area (Å²) in [5, 5.41) is 15.1. The third-order valence-corrected chi connectivity index (χ3v) is 6.75. The number of nitrogens with zero attached hydrogens (tertiary/aromatic N) is 4. The molecule has 27 heavy (non-hydrogen) atoms. The van der Waals surface area contributed by atoms with Crippen molar-refractivity contribution in [2.24, 2.45) is 0 Å². The maximum Gasteiger partial charge on any atom is 0.270 e. The molecule has 0 N–H and O–H groups in total. The molecule has 1 saturated heterocycles. The molecule has 0 spiro atoms. The van der Waals surface area contributed by atoms with Crippen LogP contribution in [0.2, 0.25) is 0 Å². The van der Waals surface area contributed by atoms with E-state index >= 15 is 0 Å². The van der Waals surface area contributed by atoms with E-state index in [-0.39, 0.29) is 10.6 Å². The van der Waals surface area contributed by atoms with Crippen molar-refractivity contribution in [3.05, 3.63) is 45.3 Å². The van der Waals surface area contributed by atoms with E-state index in [1.165, 1.54) is 16.4 Å². The summed E-state index contributed by atoms with van der Waals surface area (Å²) in [5.41, 5.74) is 1.75. The Kier molecular flexibility index (Phi) is 5.20. The fourth-order valence-corrected chi connectivity index (χ4v) is 5.03. The van der Waals surface area contributed by atoms with Crippen LogP contribution in [0.15, 0.2) is 27.6 Å². The largest absolute Gasteiger partial charge is 0.369 e. The number of nitro benzene ring substituents is 1. The van der Waals surface area contributed by atoms with Crippen LogP contribution in [0.25, 0.3) is 0 Å². The number of aryl methyl sites for hydroxylation is 2. The number of hydrogen-bond acceptors (Lipinski definition) is 7. The molecule has 1 aromatic carbocycles. The van der Waals surface area contributed by atoms with Gasteiger partial charge in [0.25, 0.3) is 5.69 Å². The molecule has 0 saturated carbocycles. The molecule has 9 nitrogen and oxygen atoms in total. The molecular weight excluding hydrogens is 372 g/mol. The average Bonchev–Trinajstić information content (AvgIpc) is 3.27. The first-order valence-corrected chi connectivity index (χ1v) is 10.1. The van der Waals surface area contributed by atoms with Crippen LogP contribution in [-0.2, 0) is 16.6 Å². The molecule has 0 amide bonds. The fourth-order valence-electron chi connectivity index (χ4n) is 3.26. The van der Waals surface area contributed by atoms with Crippen LogP contribution in [0.4, 0.5) is 11.4 Å². The average molecular weight is 394 g/mol. The smallest absolute Gasteiger partial charge is 0.270 e. The number of non-ortho nitro benzene ring substituents is 1. The summed E-state index contributed by atoms with van der Waals surface area (Å²) in [7, 11) is -2.08. The van der Waals surface area contributed by atoms with E-state index in [1.54, 1.807) is 18.9 Å². The van der Waals surface area contributed by atoms with Gasteiger partial charge in [0.1, 0.15) is 10.7 Å². The van der Waals surface area contributed by atoms with Crippen LogP contribution in [0.5, 0.6) is 0 Å². The number of hydrogen-bond donors (Lipinski definition) is 0. The Labute approximate surface area is 157 Å². The zero-order chi connectivity index (χ0) is 19.8. The lowest BCUT2D eigenvalue weighted by molar-refractivity contribution is -0.385. The molecule has 0 radical (unpaired) electrons. The van der Waals surface area contributed by atoms with Crippen molar-refractivity contribution in [1.82, 2.24) is 9.46 Å². The summed E-state index contributed by atoms with van der Waals surface area (Å²) < 4.78 is 32.8. The van der Waals surface area contributed by atoms with Crippen LogP contribution in [0.3, 0.4) is 0 Å². The molecule has 0 aliphatic carbocycles. The molecular formula is C17H22N4O5S. The Hall–Kier alpha value is -2.46. The second kappa shape index (κ2) is 7.28. The molecule has 0 bridgehead atoms.